The van der Waals surface area contributed by atoms with Gasteiger partial charge in [0.05, 0.1) is 23.1 Å². The van der Waals surface area contributed by atoms with Gasteiger partial charge in [-0.2, -0.15) is 5.10 Å². The van der Waals surface area contributed by atoms with Crippen molar-refractivity contribution >= 4 is 41.3 Å². The van der Waals surface area contributed by atoms with Crippen molar-refractivity contribution in [3.05, 3.63) is 70.3 Å². The highest BCUT2D eigenvalue weighted by molar-refractivity contribution is 6.36. The van der Waals surface area contributed by atoms with E-state index in [1.165, 1.54) is 11.6 Å². The summed E-state index contributed by atoms with van der Waals surface area (Å²) in [5.74, 6) is 0.0659. The molecular weight excluding hydrogens is 359 g/mol. The third-order valence-electron chi connectivity index (χ3n) is 3.31. The molecule has 0 aliphatic carbocycles. The molecule has 126 valence electrons. The number of halogens is 2. The van der Waals surface area contributed by atoms with E-state index in [2.05, 4.69) is 15.4 Å². The lowest BCUT2D eigenvalue weighted by atomic mass is 10.2. The number of amides is 1. The lowest BCUT2D eigenvalue weighted by Gasteiger charge is -2.01. The molecule has 3 aromatic rings. The quantitative estimate of drug-likeness (QED) is 0.674. The second-order valence-corrected chi connectivity index (χ2v) is 6.10. The van der Waals surface area contributed by atoms with Gasteiger partial charge in [0.25, 0.3) is 0 Å². The van der Waals surface area contributed by atoms with Gasteiger partial charge in [-0.15, -0.1) is 0 Å². The minimum atomic E-state index is -0.240. The number of rotatable bonds is 4. The van der Waals surface area contributed by atoms with Crippen molar-refractivity contribution in [3.8, 4) is 11.3 Å². The first-order valence-electron chi connectivity index (χ1n) is 7.45. The molecule has 0 atom stereocenters. The van der Waals surface area contributed by atoms with Gasteiger partial charge in [0.1, 0.15) is 0 Å². The van der Waals surface area contributed by atoms with Crippen LogP contribution in [-0.4, -0.2) is 21.8 Å². The lowest BCUT2D eigenvalue weighted by Crippen LogP contribution is -2.10. The Morgan fingerprint density at radius 2 is 1.96 bits per heavy atom. The fourth-order valence-electron chi connectivity index (χ4n) is 2.20. The summed E-state index contributed by atoms with van der Waals surface area (Å²) in [5, 5.41) is 8.04. The molecule has 3 rings (SSSR count). The van der Waals surface area contributed by atoms with Gasteiger partial charge >= 0.3 is 0 Å². The maximum Gasteiger partial charge on any atom is 0.231 e. The zero-order chi connectivity index (χ0) is 17.8. The fraction of sp³-hybridized carbons (Fsp3) is 0.0556. The predicted molar refractivity (Wildman–Crippen MR) is 101 cm³/mol. The Balaban J connectivity index is 2.00. The van der Waals surface area contributed by atoms with Gasteiger partial charge in [0, 0.05) is 17.5 Å². The van der Waals surface area contributed by atoms with Gasteiger partial charge in [0.15, 0.2) is 0 Å². The van der Waals surface area contributed by atoms with Crippen LogP contribution in [0, 0.1) is 0 Å². The van der Waals surface area contributed by atoms with E-state index in [1.54, 1.807) is 30.6 Å². The molecule has 25 heavy (non-hydrogen) atoms. The molecule has 0 saturated heterocycles. The molecule has 5 nitrogen and oxygen atoms in total. The van der Waals surface area contributed by atoms with Gasteiger partial charge in [0.2, 0.25) is 11.9 Å². The van der Waals surface area contributed by atoms with Gasteiger partial charge < -0.3 is 0 Å². The Morgan fingerprint density at radius 1 is 1.20 bits per heavy atom. The maximum absolute atomic E-state index is 11.4. The molecule has 2 aromatic carbocycles. The molecule has 1 aromatic heterocycles. The van der Waals surface area contributed by atoms with E-state index < -0.39 is 0 Å². The van der Waals surface area contributed by atoms with Crippen LogP contribution in [0.5, 0.6) is 0 Å². The average Bonchev–Trinajstić information content (AvgIpc) is 2.95. The van der Waals surface area contributed by atoms with E-state index in [0.29, 0.717) is 27.3 Å². The van der Waals surface area contributed by atoms with E-state index in [0.717, 1.165) is 5.56 Å². The third-order valence-corrected chi connectivity index (χ3v) is 3.86. The minimum Gasteiger partial charge on any atom is -0.295 e. The van der Waals surface area contributed by atoms with E-state index >= 15 is 0 Å². The second-order valence-electron chi connectivity index (χ2n) is 5.25. The van der Waals surface area contributed by atoms with Crippen molar-refractivity contribution in [2.45, 2.75) is 6.92 Å². The van der Waals surface area contributed by atoms with Crippen molar-refractivity contribution in [2.24, 2.45) is 5.10 Å². The zero-order valence-electron chi connectivity index (χ0n) is 13.3. The molecule has 0 unspecified atom stereocenters. The number of nitrogens with one attached hydrogen (secondary N) is 1. The van der Waals surface area contributed by atoms with Crippen molar-refractivity contribution in [3.63, 3.8) is 0 Å². The molecular formula is C18H14Cl2N4O. The van der Waals surface area contributed by atoms with Crippen LogP contribution in [0.4, 0.5) is 5.95 Å². The summed E-state index contributed by atoms with van der Waals surface area (Å²) in [7, 11) is 0. The minimum absolute atomic E-state index is 0.240. The van der Waals surface area contributed by atoms with Crippen LogP contribution in [0.15, 0.2) is 59.8 Å². The summed E-state index contributed by atoms with van der Waals surface area (Å²) in [5.41, 5.74) is 2.21. The molecule has 1 N–H and O–H groups in total. The van der Waals surface area contributed by atoms with Crippen LogP contribution in [0.2, 0.25) is 10.0 Å². The number of hydrogen-bond donors (Lipinski definition) is 1. The monoisotopic (exact) mass is 372 g/mol. The first-order valence-corrected chi connectivity index (χ1v) is 8.20. The summed E-state index contributed by atoms with van der Waals surface area (Å²) in [6.07, 6.45) is 3.38. The molecule has 0 bridgehead atoms. The summed E-state index contributed by atoms with van der Waals surface area (Å²) < 4.78 is 1.49. The Hall–Kier alpha value is -2.63. The van der Waals surface area contributed by atoms with Crippen LogP contribution in [0.3, 0.4) is 0 Å². The number of hydrogen-bond acceptors (Lipinski definition) is 3. The first-order chi connectivity index (χ1) is 12.0. The highest BCUT2D eigenvalue weighted by Gasteiger charge is 2.13. The summed E-state index contributed by atoms with van der Waals surface area (Å²) in [6, 6.07) is 14.8. The molecule has 0 aliphatic rings. The molecule has 7 heteroatoms. The lowest BCUT2D eigenvalue weighted by molar-refractivity contribution is -0.114. The summed E-state index contributed by atoms with van der Waals surface area (Å²) >= 11 is 12.2. The SMILES string of the molecule is CC(=O)Nc1nc(-c2ccc(Cl)cc2Cl)cn1/N=C\c1ccccc1. The topological polar surface area (TPSA) is 59.3 Å². The van der Waals surface area contributed by atoms with E-state index in [1.807, 2.05) is 30.3 Å². The number of benzene rings is 2. The van der Waals surface area contributed by atoms with Crippen LogP contribution < -0.4 is 5.32 Å². The first kappa shape index (κ1) is 17.2. The van der Waals surface area contributed by atoms with Gasteiger partial charge in [-0.05, 0) is 23.8 Å². The molecule has 0 spiro atoms. The van der Waals surface area contributed by atoms with Gasteiger partial charge in [-0.3, -0.25) is 10.1 Å². The van der Waals surface area contributed by atoms with Crippen molar-refractivity contribution in [1.82, 2.24) is 9.66 Å². The van der Waals surface area contributed by atoms with Crippen LogP contribution in [0.1, 0.15) is 12.5 Å². The second kappa shape index (κ2) is 7.51. The van der Waals surface area contributed by atoms with Crippen molar-refractivity contribution in [1.29, 1.82) is 0 Å². The van der Waals surface area contributed by atoms with E-state index in [4.69, 9.17) is 23.2 Å². The predicted octanol–water partition coefficient (Wildman–Crippen LogP) is 4.70. The van der Waals surface area contributed by atoms with Crippen LogP contribution in [-0.2, 0) is 4.79 Å². The molecule has 0 radical (unpaired) electrons. The van der Waals surface area contributed by atoms with Crippen molar-refractivity contribution < 1.29 is 4.79 Å². The Morgan fingerprint density at radius 3 is 2.64 bits per heavy atom. The largest absolute Gasteiger partial charge is 0.295 e. The molecule has 0 fully saturated rings. The normalized spacial score (nSPS) is 11.0. The van der Waals surface area contributed by atoms with Crippen molar-refractivity contribution in [2.75, 3.05) is 5.32 Å². The third kappa shape index (κ3) is 4.26. The molecule has 1 amide bonds. The fourth-order valence-corrected chi connectivity index (χ4v) is 2.70. The number of anilines is 1. The highest BCUT2D eigenvalue weighted by Crippen LogP contribution is 2.30. The number of carbonyl (C=O) groups is 1. The standard InChI is InChI=1S/C18H14Cl2N4O/c1-12(25)22-18-23-17(15-8-7-14(19)9-16(15)20)11-24(18)21-10-13-5-3-2-4-6-13/h2-11H,1H3,(H,22,23,25)/b21-10-. The van der Waals surface area contributed by atoms with Gasteiger partial charge in [-0.1, -0.05) is 53.5 Å². The Labute approximate surface area is 154 Å². The zero-order valence-corrected chi connectivity index (χ0v) is 14.8. The van der Waals surface area contributed by atoms with Crippen LogP contribution >= 0.6 is 23.2 Å². The highest BCUT2D eigenvalue weighted by atomic mass is 35.5. The number of nitrogens with zero attached hydrogens (tertiary/aromatic N) is 3. The summed E-state index contributed by atoms with van der Waals surface area (Å²) in [6.45, 7) is 1.41. The average molecular weight is 373 g/mol. The summed E-state index contributed by atoms with van der Waals surface area (Å²) in [4.78, 5) is 15.9. The van der Waals surface area contributed by atoms with Gasteiger partial charge in [-0.25, -0.2) is 9.66 Å². The molecule has 0 saturated carbocycles. The van der Waals surface area contributed by atoms with E-state index in [-0.39, 0.29) is 5.91 Å². The maximum atomic E-state index is 11.4. The molecule has 1 heterocycles. The van der Waals surface area contributed by atoms with E-state index in [9.17, 15) is 4.79 Å². The number of imidazole rings is 1. The molecule has 0 aliphatic heterocycles. The smallest absolute Gasteiger partial charge is 0.231 e. The van der Waals surface area contributed by atoms with Crippen LogP contribution in [0.25, 0.3) is 11.3 Å². The Bertz CT molecular complexity index is 936. The number of carbonyl (C=O) groups excluding carboxylic acids is 1. The Kier molecular flexibility index (Phi) is 5.16. The number of aromatic nitrogens is 2.